The molecule has 3 rings (SSSR count). The van der Waals surface area contributed by atoms with Gasteiger partial charge in [0.15, 0.2) is 0 Å². The molecule has 1 aliphatic rings. The highest BCUT2D eigenvalue weighted by Crippen LogP contribution is 2.29. The molecule has 0 radical (unpaired) electrons. The average Bonchev–Trinajstić information content (AvgIpc) is 3.19. The van der Waals surface area contributed by atoms with E-state index in [1.165, 1.54) is 23.3 Å². The minimum Gasteiger partial charge on any atom is -0.350 e. The molecule has 0 aliphatic carbocycles. The second-order valence-electron chi connectivity index (χ2n) is 8.12. The van der Waals surface area contributed by atoms with Crippen LogP contribution in [0.4, 0.5) is 13.2 Å². The predicted octanol–water partition coefficient (Wildman–Crippen LogP) is 3.78. The van der Waals surface area contributed by atoms with Crippen molar-refractivity contribution < 1.29 is 22.8 Å². The fraction of sp³-hybridized carbons (Fsp3) is 0.417. The van der Waals surface area contributed by atoms with Crippen LogP contribution in [-0.2, 0) is 23.9 Å². The van der Waals surface area contributed by atoms with E-state index in [1.807, 2.05) is 0 Å². The number of amides is 2. The maximum atomic E-state index is 12.8. The summed E-state index contributed by atoms with van der Waals surface area (Å²) in [6.45, 7) is 4.25. The summed E-state index contributed by atoms with van der Waals surface area (Å²) in [5.74, 6) is -1.08. The largest absolute Gasteiger partial charge is 0.416 e. The van der Waals surface area contributed by atoms with Crippen LogP contribution in [0, 0.1) is 0 Å². The summed E-state index contributed by atoms with van der Waals surface area (Å²) in [5.41, 5.74) is 1.52. The van der Waals surface area contributed by atoms with Crippen LogP contribution in [-0.4, -0.2) is 42.4 Å². The number of alkyl halides is 3. The Balaban J connectivity index is 1.42. The Morgan fingerprint density at radius 1 is 1.09 bits per heavy atom. The zero-order valence-electron chi connectivity index (χ0n) is 18.0. The number of nitrogens with one attached hydrogen (secondary N) is 2. The zero-order valence-corrected chi connectivity index (χ0v) is 18.0. The molecule has 2 amide bonds. The number of hydrogen-bond donors (Lipinski definition) is 2. The van der Waals surface area contributed by atoms with E-state index in [1.54, 1.807) is 0 Å². The van der Waals surface area contributed by atoms with Crippen molar-refractivity contribution in [2.24, 2.45) is 0 Å². The summed E-state index contributed by atoms with van der Waals surface area (Å²) in [4.78, 5) is 26.6. The van der Waals surface area contributed by atoms with Crippen molar-refractivity contribution in [1.82, 2.24) is 15.5 Å². The lowest BCUT2D eigenvalue weighted by Gasteiger charge is -2.17. The lowest BCUT2D eigenvalue weighted by molar-refractivity contribution is -0.137. The molecule has 1 heterocycles. The number of aryl methyl sites for hydroxylation is 1. The highest BCUT2D eigenvalue weighted by molar-refractivity contribution is 5.96. The molecule has 2 aromatic carbocycles. The first-order chi connectivity index (χ1) is 15.2. The molecule has 8 heteroatoms. The molecule has 0 unspecified atom stereocenters. The second kappa shape index (κ2) is 10.6. The van der Waals surface area contributed by atoms with Gasteiger partial charge in [0, 0.05) is 31.2 Å². The number of rotatable bonds is 8. The predicted molar refractivity (Wildman–Crippen MR) is 116 cm³/mol. The van der Waals surface area contributed by atoms with Crippen molar-refractivity contribution in [3.63, 3.8) is 0 Å². The van der Waals surface area contributed by atoms with Gasteiger partial charge in [0.2, 0.25) is 5.91 Å². The molecule has 172 valence electrons. The van der Waals surface area contributed by atoms with Crippen LogP contribution < -0.4 is 10.6 Å². The van der Waals surface area contributed by atoms with Crippen LogP contribution in [0.5, 0.6) is 0 Å². The van der Waals surface area contributed by atoms with Gasteiger partial charge in [0.25, 0.3) is 5.91 Å². The maximum absolute atomic E-state index is 12.8. The van der Waals surface area contributed by atoms with E-state index >= 15 is 0 Å². The quantitative estimate of drug-likeness (QED) is 0.648. The summed E-state index contributed by atoms with van der Waals surface area (Å²) in [6, 6.07) is 12.7. The summed E-state index contributed by atoms with van der Waals surface area (Å²) < 4.78 is 38.4. The summed E-state index contributed by atoms with van der Waals surface area (Å²) in [7, 11) is 0. The Labute approximate surface area is 186 Å². The molecule has 1 atom stereocenters. The third kappa shape index (κ3) is 6.82. The first kappa shape index (κ1) is 23.8. The van der Waals surface area contributed by atoms with E-state index < -0.39 is 17.6 Å². The standard InChI is InChI=1S/C24H28F3N3O2/c1-2-4-17-7-9-18(10-8-17)15-30-12-11-21(16-30)29-22(31)14-28-23(32)19-5-3-6-20(13-19)24(25,26)27/h3,5-10,13,21H,2,4,11-12,14-16H2,1H3,(H,28,32)(H,29,31)/t21-/m1/s1. The van der Waals surface area contributed by atoms with Crippen LogP contribution in [0.1, 0.15) is 46.8 Å². The number of nitrogens with zero attached hydrogens (tertiary/aromatic N) is 1. The van der Waals surface area contributed by atoms with E-state index in [9.17, 15) is 22.8 Å². The molecular weight excluding hydrogens is 419 g/mol. The smallest absolute Gasteiger partial charge is 0.350 e. The van der Waals surface area contributed by atoms with E-state index in [0.29, 0.717) is 6.54 Å². The van der Waals surface area contributed by atoms with E-state index in [-0.39, 0.29) is 24.1 Å². The molecule has 32 heavy (non-hydrogen) atoms. The molecule has 0 aromatic heterocycles. The molecule has 1 fully saturated rings. The Morgan fingerprint density at radius 3 is 2.50 bits per heavy atom. The van der Waals surface area contributed by atoms with E-state index in [4.69, 9.17) is 0 Å². The minimum absolute atomic E-state index is 0.0210. The molecule has 2 aromatic rings. The Hall–Kier alpha value is -2.87. The van der Waals surface area contributed by atoms with E-state index in [0.717, 1.165) is 44.5 Å². The van der Waals surface area contributed by atoms with Gasteiger partial charge in [-0.05, 0) is 42.2 Å². The number of halogens is 3. The molecule has 2 N–H and O–H groups in total. The van der Waals surface area contributed by atoms with Crippen LogP contribution in [0.25, 0.3) is 0 Å². The van der Waals surface area contributed by atoms with Gasteiger partial charge >= 0.3 is 6.18 Å². The first-order valence-electron chi connectivity index (χ1n) is 10.8. The third-order valence-electron chi connectivity index (χ3n) is 5.47. The van der Waals surface area contributed by atoms with Gasteiger partial charge < -0.3 is 10.6 Å². The zero-order chi connectivity index (χ0) is 23.1. The van der Waals surface area contributed by atoms with Crippen molar-refractivity contribution in [3.05, 3.63) is 70.8 Å². The lowest BCUT2D eigenvalue weighted by Crippen LogP contribution is -2.43. The molecular formula is C24H28F3N3O2. The molecule has 1 saturated heterocycles. The number of carbonyl (C=O) groups is 2. The Bertz CT molecular complexity index is 929. The molecule has 0 spiro atoms. The fourth-order valence-electron chi connectivity index (χ4n) is 3.83. The van der Waals surface area contributed by atoms with Gasteiger partial charge in [-0.15, -0.1) is 0 Å². The summed E-state index contributed by atoms with van der Waals surface area (Å²) >= 11 is 0. The van der Waals surface area contributed by atoms with Crippen molar-refractivity contribution >= 4 is 11.8 Å². The summed E-state index contributed by atoms with van der Waals surface area (Å²) in [5, 5.41) is 5.27. The highest BCUT2D eigenvalue weighted by atomic mass is 19.4. The van der Waals surface area contributed by atoms with E-state index in [2.05, 4.69) is 46.7 Å². The number of likely N-dealkylation sites (tertiary alicyclic amines) is 1. The third-order valence-corrected chi connectivity index (χ3v) is 5.47. The lowest BCUT2D eigenvalue weighted by atomic mass is 10.1. The monoisotopic (exact) mass is 447 g/mol. The average molecular weight is 448 g/mol. The van der Waals surface area contributed by atoms with Crippen molar-refractivity contribution in [2.45, 2.75) is 44.9 Å². The van der Waals surface area contributed by atoms with Crippen molar-refractivity contribution in [3.8, 4) is 0 Å². The van der Waals surface area contributed by atoms with Crippen LogP contribution in [0.2, 0.25) is 0 Å². The van der Waals surface area contributed by atoms with Gasteiger partial charge in [-0.2, -0.15) is 13.2 Å². The number of carbonyl (C=O) groups excluding carboxylic acids is 2. The Kier molecular flexibility index (Phi) is 7.90. The Morgan fingerprint density at radius 2 is 1.81 bits per heavy atom. The van der Waals surface area contributed by atoms with Crippen molar-refractivity contribution in [1.29, 1.82) is 0 Å². The normalized spacial score (nSPS) is 16.7. The first-order valence-corrected chi connectivity index (χ1v) is 10.8. The topological polar surface area (TPSA) is 61.4 Å². The van der Waals surface area contributed by atoms with Gasteiger partial charge in [0.1, 0.15) is 0 Å². The molecule has 1 aliphatic heterocycles. The molecule has 0 bridgehead atoms. The van der Waals surface area contributed by atoms with Crippen LogP contribution in [0.3, 0.4) is 0 Å². The van der Waals surface area contributed by atoms with Crippen LogP contribution >= 0.6 is 0 Å². The SMILES string of the molecule is CCCc1ccc(CN2CC[C@@H](NC(=O)CNC(=O)c3cccc(C(F)(F)F)c3)C2)cc1. The van der Waals surface area contributed by atoms with Gasteiger partial charge in [-0.3, -0.25) is 14.5 Å². The van der Waals surface area contributed by atoms with Gasteiger partial charge in [0.05, 0.1) is 12.1 Å². The van der Waals surface area contributed by atoms with Crippen molar-refractivity contribution in [2.75, 3.05) is 19.6 Å². The molecule has 5 nitrogen and oxygen atoms in total. The highest BCUT2D eigenvalue weighted by Gasteiger charge is 2.31. The minimum atomic E-state index is -4.53. The van der Waals surface area contributed by atoms with Gasteiger partial charge in [-0.1, -0.05) is 43.7 Å². The summed E-state index contributed by atoms with van der Waals surface area (Å²) in [6.07, 6.45) is -1.53. The van der Waals surface area contributed by atoms with Gasteiger partial charge in [-0.25, -0.2) is 0 Å². The maximum Gasteiger partial charge on any atom is 0.416 e. The molecule has 0 saturated carbocycles. The fourth-order valence-corrected chi connectivity index (χ4v) is 3.83. The number of benzene rings is 2. The second-order valence-corrected chi connectivity index (χ2v) is 8.12. The van der Waals surface area contributed by atoms with Crippen LogP contribution in [0.15, 0.2) is 48.5 Å². The number of hydrogen-bond acceptors (Lipinski definition) is 3.